The van der Waals surface area contributed by atoms with Gasteiger partial charge in [-0.2, -0.15) is 0 Å². The number of nitrogens with one attached hydrogen (secondary N) is 1. The van der Waals surface area contributed by atoms with Gasteiger partial charge in [-0.05, 0) is 42.5 Å². The number of sulfonamides is 1. The van der Waals surface area contributed by atoms with Crippen molar-refractivity contribution >= 4 is 27.3 Å². The molecule has 0 atom stereocenters. The van der Waals surface area contributed by atoms with Crippen LogP contribution in [0.25, 0.3) is 0 Å². The van der Waals surface area contributed by atoms with Crippen LogP contribution in [0.2, 0.25) is 5.02 Å². The lowest BCUT2D eigenvalue weighted by Crippen LogP contribution is -2.13. The molecule has 0 aromatic heterocycles. The molecule has 2 aromatic carbocycles. The van der Waals surface area contributed by atoms with Gasteiger partial charge < -0.3 is 0 Å². The molecular weight excluding hydrogens is 296 g/mol. The van der Waals surface area contributed by atoms with E-state index in [1.54, 1.807) is 0 Å². The van der Waals surface area contributed by atoms with Crippen molar-refractivity contribution in [3.05, 3.63) is 59.1 Å². The van der Waals surface area contributed by atoms with Crippen LogP contribution in [0.5, 0.6) is 0 Å². The minimum Gasteiger partial charge on any atom is -0.279 e. The first-order valence-electron chi connectivity index (χ1n) is 5.11. The van der Waals surface area contributed by atoms with Gasteiger partial charge in [-0.15, -0.1) is 0 Å². The molecule has 0 fully saturated rings. The summed E-state index contributed by atoms with van der Waals surface area (Å²) in [6, 6.07) is 7.58. The highest BCUT2D eigenvalue weighted by molar-refractivity contribution is 7.92. The first-order chi connectivity index (χ1) is 8.87. The molecule has 0 aliphatic heterocycles. The smallest absolute Gasteiger partial charge is 0.261 e. The summed E-state index contributed by atoms with van der Waals surface area (Å²) >= 11 is 5.62. The second kappa shape index (κ2) is 5.14. The monoisotopic (exact) mass is 303 g/mol. The molecule has 3 nitrogen and oxygen atoms in total. The Morgan fingerprint density at radius 1 is 0.947 bits per heavy atom. The normalized spacial score (nSPS) is 11.3. The van der Waals surface area contributed by atoms with E-state index in [9.17, 15) is 17.2 Å². The third-order valence-corrected chi connectivity index (χ3v) is 3.85. The predicted molar refractivity (Wildman–Crippen MR) is 68.6 cm³/mol. The molecule has 0 aliphatic carbocycles. The third-order valence-electron chi connectivity index (χ3n) is 2.24. The van der Waals surface area contributed by atoms with Gasteiger partial charge in [0.15, 0.2) is 0 Å². The van der Waals surface area contributed by atoms with Crippen molar-refractivity contribution in [2.45, 2.75) is 4.90 Å². The second-order valence-electron chi connectivity index (χ2n) is 3.72. The molecule has 0 bridgehead atoms. The second-order valence-corrected chi connectivity index (χ2v) is 5.84. The first kappa shape index (κ1) is 13.8. The van der Waals surface area contributed by atoms with Gasteiger partial charge in [0.25, 0.3) is 10.0 Å². The van der Waals surface area contributed by atoms with Crippen LogP contribution in [0.15, 0.2) is 47.4 Å². The highest BCUT2D eigenvalue weighted by Crippen LogP contribution is 2.21. The Morgan fingerprint density at radius 3 is 2.16 bits per heavy atom. The Hall–Kier alpha value is -1.66. The van der Waals surface area contributed by atoms with E-state index in [0.29, 0.717) is 0 Å². The molecule has 100 valence electrons. The molecular formula is C12H8ClF2NO2S. The van der Waals surface area contributed by atoms with Crippen LogP contribution in [0.3, 0.4) is 0 Å². The van der Waals surface area contributed by atoms with Gasteiger partial charge in [-0.25, -0.2) is 17.2 Å². The molecule has 2 aromatic rings. The largest absolute Gasteiger partial charge is 0.279 e. The van der Waals surface area contributed by atoms with Gasteiger partial charge in [-0.3, -0.25) is 4.72 Å². The van der Waals surface area contributed by atoms with Crippen molar-refractivity contribution in [3.63, 3.8) is 0 Å². The fourth-order valence-electron chi connectivity index (χ4n) is 1.44. The maximum atomic E-state index is 13.1. The average molecular weight is 304 g/mol. The lowest BCUT2D eigenvalue weighted by Gasteiger charge is -2.08. The van der Waals surface area contributed by atoms with Gasteiger partial charge in [0.2, 0.25) is 0 Å². The summed E-state index contributed by atoms with van der Waals surface area (Å²) in [5.74, 6) is -1.21. The van der Waals surface area contributed by atoms with Crippen LogP contribution in [-0.4, -0.2) is 8.42 Å². The van der Waals surface area contributed by atoms with Crippen molar-refractivity contribution in [1.29, 1.82) is 0 Å². The summed E-state index contributed by atoms with van der Waals surface area (Å²) in [7, 11) is -3.91. The van der Waals surface area contributed by atoms with Crippen molar-refractivity contribution in [1.82, 2.24) is 0 Å². The molecule has 0 aliphatic rings. The molecule has 7 heteroatoms. The Morgan fingerprint density at radius 2 is 1.58 bits per heavy atom. The molecule has 0 saturated carbocycles. The van der Waals surface area contributed by atoms with Crippen molar-refractivity contribution in [2.24, 2.45) is 0 Å². The van der Waals surface area contributed by atoms with E-state index in [0.717, 1.165) is 36.4 Å². The van der Waals surface area contributed by atoms with E-state index < -0.39 is 21.7 Å². The molecule has 0 unspecified atom stereocenters. The molecule has 19 heavy (non-hydrogen) atoms. The van der Waals surface area contributed by atoms with E-state index in [2.05, 4.69) is 4.72 Å². The first-order valence-corrected chi connectivity index (χ1v) is 6.97. The summed E-state index contributed by atoms with van der Waals surface area (Å²) < 4.78 is 51.8. The Labute approximate surface area is 113 Å². The quantitative estimate of drug-likeness (QED) is 0.944. The van der Waals surface area contributed by atoms with E-state index in [-0.39, 0.29) is 15.6 Å². The van der Waals surface area contributed by atoms with Gasteiger partial charge in [0.05, 0.1) is 10.6 Å². The molecule has 0 saturated heterocycles. The summed E-state index contributed by atoms with van der Waals surface area (Å²) in [5.41, 5.74) is -0.00525. The van der Waals surface area contributed by atoms with E-state index >= 15 is 0 Å². The number of hydrogen-bond acceptors (Lipinski definition) is 2. The highest BCUT2D eigenvalue weighted by atomic mass is 35.5. The topological polar surface area (TPSA) is 46.2 Å². The number of benzene rings is 2. The lowest BCUT2D eigenvalue weighted by molar-refractivity contribution is 0.599. The molecule has 0 spiro atoms. The van der Waals surface area contributed by atoms with Crippen LogP contribution >= 0.6 is 11.6 Å². The maximum absolute atomic E-state index is 13.1. The SMILES string of the molecule is O=S(=O)(Nc1cc(F)cc(Cl)c1)c1ccc(F)cc1. The summed E-state index contributed by atoms with van der Waals surface area (Å²) in [5, 5.41) is 0.0665. The fraction of sp³-hybridized carbons (Fsp3) is 0. The number of hydrogen-bond donors (Lipinski definition) is 1. The zero-order valence-corrected chi connectivity index (χ0v) is 11.0. The van der Waals surface area contributed by atoms with Gasteiger partial charge in [0, 0.05) is 5.02 Å². The number of rotatable bonds is 3. The summed E-state index contributed by atoms with van der Waals surface area (Å²) in [6.07, 6.45) is 0. The fourth-order valence-corrected chi connectivity index (χ4v) is 2.70. The van der Waals surface area contributed by atoms with Crippen molar-refractivity contribution in [2.75, 3.05) is 4.72 Å². The van der Waals surface area contributed by atoms with Crippen LogP contribution in [0.4, 0.5) is 14.5 Å². The maximum Gasteiger partial charge on any atom is 0.261 e. The molecule has 0 radical (unpaired) electrons. The molecule has 0 amide bonds. The Balaban J connectivity index is 2.33. The summed E-state index contributed by atoms with van der Waals surface area (Å²) in [4.78, 5) is -0.130. The minimum atomic E-state index is -3.91. The highest BCUT2D eigenvalue weighted by Gasteiger charge is 2.14. The van der Waals surface area contributed by atoms with Gasteiger partial charge in [-0.1, -0.05) is 11.6 Å². The van der Waals surface area contributed by atoms with Crippen molar-refractivity contribution < 1.29 is 17.2 Å². The van der Waals surface area contributed by atoms with Gasteiger partial charge in [0.1, 0.15) is 11.6 Å². The average Bonchev–Trinajstić information content (AvgIpc) is 2.27. The van der Waals surface area contributed by atoms with Crippen molar-refractivity contribution in [3.8, 4) is 0 Å². The Bertz CT molecular complexity index is 682. The standard InChI is InChI=1S/C12H8ClF2NO2S/c13-8-5-10(15)7-11(6-8)16-19(17,18)12-3-1-9(14)2-4-12/h1-7,16H. The van der Waals surface area contributed by atoms with E-state index in [1.807, 2.05) is 0 Å². The van der Waals surface area contributed by atoms with Crippen LogP contribution < -0.4 is 4.72 Å². The van der Waals surface area contributed by atoms with E-state index in [1.165, 1.54) is 6.07 Å². The van der Waals surface area contributed by atoms with Gasteiger partial charge >= 0.3 is 0 Å². The van der Waals surface area contributed by atoms with Crippen LogP contribution in [-0.2, 0) is 10.0 Å². The predicted octanol–water partition coefficient (Wildman–Crippen LogP) is 3.42. The van der Waals surface area contributed by atoms with Crippen LogP contribution in [0, 0.1) is 11.6 Å². The number of anilines is 1. The molecule has 2 rings (SSSR count). The molecule has 0 heterocycles. The third kappa shape index (κ3) is 3.42. The molecule has 1 N–H and O–H groups in total. The minimum absolute atomic E-state index is 0.00525. The zero-order chi connectivity index (χ0) is 14.0. The Kier molecular flexibility index (Phi) is 3.73. The van der Waals surface area contributed by atoms with E-state index in [4.69, 9.17) is 11.6 Å². The zero-order valence-electron chi connectivity index (χ0n) is 9.40. The number of halogens is 3. The summed E-state index contributed by atoms with van der Waals surface area (Å²) in [6.45, 7) is 0. The lowest BCUT2D eigenvalue weighted by atomic mass is 10.3. The van der Waals surface area contributed by atoms with Crippen LogP contribution in [0.1, 0.15) is 0 Å².